The van der Waals surface area contributed by atoms with Crippen LogP contribution in [0.5, 0.6) is 0 Å². The quantitative estimate of drug-likeness (QED) is 0.0959. The predicted molar refractivity (Wildman–Crippen MR) is 127 cm³/mol. The third kappa shape index (κ3) is 40.1. The summed E-state index contributed by atoms with van der Waals surface area (Å²) in [6.45, 7) is 1.26. The van der Waals surface area contributed by atoms with Crippen molar-refractivity contribution in [2.45, 2.75) is 109 Å². The summed E-state index contributed by atoms with van der Waals surface area (Å²) < 4.78 is 4.66. The molecule has 0 saturated carbocycles. The molecule has 0 fully saturated rings. The second kappa shape index (κ2) is 32.9. The van der Waals surface area contributed by atoms with Crippen LogP contribution in [0.2, 0.25) is 0 Å². The summed E-state index contributed by atoms with van der Waals surface area (Å²) in [7, 11) is -1.60. The summed E-state index contributed by atoms with van der Waals surface area (Å²) in [5.41, 5.74) is 0. The summed E-state index contributed by atoms with van der Waals surface area (Å²) in [6.07, 6.45) is 16.7. The SMILES string of the molecule is CCCCCCCCCCCCCCCCOB(O)O.OCC(O)CO.OCC(O)CO. The van der Waals surface area contributed by atoms with E-state index in [-0.39, 0.29) is 26.4 Å². The molecule has 0 saturated heterocycles. The van der Waals surface area contributed by atoms with Crippen LogP contribution in [-0.2, 0) is 4.65 Å². The first-order chi connectivity index (χ1) is 15.4. The van der Waals surface area contributed by atoms with Crippen molar-refractivity contribution in [3.8, 4) is 0 Å². The molecule has 196 valence electrons. The molecule has 0 aromatic carbocycles. The third-order valence-electron chi connectivity index (χ3n) is 4.61. The number of hydrogen-bond donors (Lipinski definition) is 8. The number of unbranched alkanes of at least 4 members (excludes halogenated alkanes) is 13. The molecule has 9 nitrogen and oxygen atoms in total. The lowest BCUT2D eigenvalue weighted by Crippen LogP contribution is -2.17. The molecule has 32 heavy (non-hydrogen) atoms. The van der Waals surface area contributed by atoms with Crippen LogP contribution in [0.15, 0.2) is 0 Å². The summed E-state index contributed by atoms with van der Waals surface area (Å²) >= 11 is 0. The van der Waals surface area contributed by atoms with Gasteiger partial charge >= 0.3 is 7.32 Å². The van der Waals surface area contributed by atoms with Gasteiger partial charge in [-0.15, -0.1) is 0 Å². The van der Waals surface area contributed by atoms with Gasteiger partial charge in [-0.2, -0.15) is 0 Å². The van der Waals surface area contributed by atoms with E-state index in [2.05, 4.69) is 11.6 Å². The maximum Gasteiger partial charge on any atom is 0.633 e. The average Bonchev–Trinajstić information content (AvgIpc) is 2.81. The van der Waals surface area contributed by atoms with Crippen LogP contribution < -0.4 is 0 Å². The Morgan fingerprint density at radius 1 is 0.531 bits per heavy atom. The molecule has 0 amide bonds. The van der Waals surface area contributed by atoms with Crippen molar-refractivity contribution in [3.63, 3.8) is 0 Å². The molecule has 0 heterocycles. The molecule has 0 radical (unpaired) electrons. The fourth-order valence-electron chi connectivity index (χ4n) is 2.60. The maximum atomic E-state index is 8.49. The molecular weight excluding hydrogens is 419 g/mol. The van der Waals surface area contributed by atoms with Crippen molar-refractivity contribution in [1.29, 1.82) is 0 Å². The maximum absolute atomic E-state index is 8.49. The van der Waals surface area contributed by atoms with Crippen LogP contribution in [0.25, 0.3) is 0 Å². The molecule has 0 atom stereocenters. The van der Waals surface area contributed by atoms with E-state index < -0.39 is 19.5 Å². The lowest BCUT2D eigenvalue weighted by molar-refractivity contribution is 0.0450. The summed E-state index contributed by atoms with van der Waals surface area (Å²) in [5, 5.41) is 65.0. The van der Waals surface area contributed by atoms with E-state index >= 15 is 0 Å². The van der Waals surface area contributed by atoms with Crippen molar-refractivity contribution >= 4 is 7.32 Å². The van der Waals surface area contributed by atoms with Crippen molar-refractivity contribution in [1.82, 2.24) is 0 Å². The standard InChI is InChI=1S/C16H35BO3.2C3H8O3/c1-2-3-4-5-6-7-8-9-10-11-12-13-14-15-16-20-17(18)19;2*4-1-3(6)2-5/h18-19H,2-16H2,1H3;2*3-6H,1-2H2. The van der Waals surface area contributed by atoms with E-state index in [0.717, 1.165) is 12.8 Å². The van der Waals surface area contributed by atoms with Gasteiger partial charge in [0.15, 0.2) is 0 Å². The number of aliphatic hydroxyl groups excluding tert-OH is 6. The van der Waals surface area contributed by atoms with Crippen LogP contribution in [0.3, 0.4) is 0 Å². The van der Waals surface area contributed by atoms with Gasteiger partial charge in [0.1, 0.15) is 12.2 Å². The zero-order valence-corrected chi connectivity index (χ0v) is 20.2. The summed E-state index contributed by atoms with van der Waals surface area (Å²) in [5.74, 6) is 0. The molecule has 8 N–H and O–H groups in total. The fourth-order valence-corrected chi connectivity index (χ4v) is 2.60. The van der Waals surface area contributed by atoms with E-state index in [1.165, 1.54) is 77.0 Å². The first kappa shape index (κ1) is 36.3. The highest BCUT2D eigenvalue weighted by atomic mass is 16.6. The highest BCUT2D eigenvalue weighted by molar-refractivity contribution is 6.32. The van der Waals surface area contributed by atoms with Gasteiger partial charge in [-0.05, 0) is 6.42 Å². The van der Waals surface area contributed by atoms with Gasteiger partial charge in [0.05, 0.1) is 26.4 Å². The van der Waals surface area contributed by atoms with E-state index in [1.54, 1.807) is 0 Å². The van der Waals surface area contributed by atoms with Gasteiger partial charge in [-0.25, -0.2) is 0 Å². The highest BCUT2D eigenvalue weighted by Crippen LogP contribution is 2.12. The zero-order valence-electron chi connectivity index (χ0n) is 20.2. The smallest absolute Gasteiger partial charge is 0.402 e. The Morgan fingerprint density at radius 2 is 0.812 bits per heavy atom. The van der Waals surface area contributed by atoms with Gasteiger partial charge in [0.2, 0.25) is 0 Å². The molecule has 0 aliphatic rings. The van der Waals surface area contributed by atoms with E-state index in [4.69, 9.17) is 40.7 Å². The van der Waals surface area contributed by atoms with Gasteiger partial charge in [-0.1, -0.05) is 90.4 Å². The van der Waals surface area contributed by atoms with E-state index in [9.17, 15) is 0 Å². The number of aliphatic hydroxyl groups is 6. The molecular formula is C22H51BO9. The lowest BCUT2D eigenvalue weighted by atomic mass is 10.0. The molecule has 0 aromatic heterocycles. The Bertz CT molecular complexity index is 295. The van der Waals surface area contributed by atoms with Gasteiger partial charge in [-0.3, -0.25) is 0 Å². The van der Waals surface area contributed by atoms with E-state index in [0.29, 0.717) is 6.61 Å². The monoisotopic (exact) mass is 470 g/mol. The number of hydrogen-bond acceptors (Lipinski definition) is 9. The van der Waals surface area contributed by atoms with Gasteiger partial charge in [0, 0.05) is 6.61 Å². The van der Waals surface area contributed by atoms with Crippen molar-refractivity contribution in [3.05, 3.63) is 0 Å². The predicted octanol–water partition coefficient (Wildman–Crippen LogP) is 1.12. The molecule has 0 unspecified atom stereocenters. The van der Waals surface area contributed by atoms with Crippen LogP contribution in [0.4, 0.5) is 0 Å². The minimum atomic E-state index is -1.60. The second-order valence-corrected chi connectivity index (χ2v) is 7.83. The van der Waals surface area contributed by atoms with Gasteiger partial charge in [0.25, 0.3) is 0 Å². The van der Waals surface area contributed by atoms with Crippen LogP contribution >= 0.6 is 0 Å². The normalized spacial score (nSPS) is 10.6. The topological polar surface area (TPSA) is 171 Å². The molecule has 0 aliphatic heterocycles. The molecule has 0 aromatic rings. The van der Waals surface area contributed by atoms with E-state index in [1.807, 2.05) is 0 Å². The number of rotatable bonds is 20. The average molecular weight is 470 g/mol. The highest BCUT2D eigenvalue weighted by Gasteiger charge is 2.06. The first-order valence-electron chi connectivity index (χ1n) is 12.2. The Balaban J connectivity index is -0.000000571. The molecule has 0 bridgehead atoms. The minimum Gasteiger partial charge on any atom is -0.402 e. The second-order valence-electron chi connectivity index (χ2n) is 7.83. The van der Waals surface area contributed by atoms with Crippen LogP contribution in [-0.4, -0.2) is 93.3 Å². The molecule has 0 aliphatic carbocycles. The first-order valence-corrected chi connectivity index (χ1v) is 12.2. The molecule has 10 heteroatoms. The van der Waals surface area contributed by atoms with Crippen molar-refractivity contribution < 1.29 is 45.3 Å². The Hall–Kier alpha value is -0.295. The van der Waals surface area contributed by atoms with Crippen molar-refractivity contribution in [2.75, 3.05) is 33.0 Å². The zero-order chi connectivity index (χ0) is 24.9. The van der Waals surface area contributed by atoms with Crippen molar-refractivity contribution in [2.24, 2.45) is 0 Å². The van der Waals surface area contributed by atoms with Gasteiger partial charge < -0.3 is 45.3 Å². The third-order valence-corrected chi connectivity index (χ3v) is 4.61. The Labute approximate surface area is 195 Å². The Morgan fingerprint density at radius 3 is 1.03 bits per heavy atom. The fraction of sp³-hybridized carbons (Fsp3) is 1.00. The molecule has 0 rings (SSSR count). The largest absolute Gasteiger partial charge is 0.633 e. The summed E-state index contributed by atoms with van der Waals surface area (Å²) in [4.78, 5) is 0. The van der Waals surface area contributed by atoms with Crippen LogP contribution in [0.1, 0.15) is 96.8 Å². The summed E-state index contributed by atoms with van der Waals surface area (Å²) in [6, 6.07) is 0. The van der Waals surface area contributed by atoms with Crippen LogP contribution in [0, 0.1) is 0 Å². The minimum absolute atomic E-state index is 0.365. The Kier molecular flexibility index (Phi) is 37.3. The molecule has 0 spiro atoms. The lowest BCUT2D eigenvalue weighted by Gasteiger charge is -2.04.